The highest BCUT2D eigenvalue weighted by molar-refractivity contribution is 7.99. The molecule has 1 aromatic heterocycles. The molecule has 0 aliphatic heterocycles. The quantitative estimate of drug-likeness (QED) is 0.857. The van der Waals surface area contributed by atoms with Gasteiger partial charge in [0.05, 0.1) is 5.52 Å². The van der Waals surface area contributed by atoms with E-state index in [1.54, 1.807) is 12.4 Å². The highest BCUT2D eigenvalue weighted by atomic mass is 32.2. The van der Waals surface area contributed by atoms with E-state index in [0.717, 1.165) is 22.0 Å². The Balaban J connectivity index is 1.88. The van der Waals surface area contributed by atoms with Crippen LogP contribution in [-0.2, 0) is 0 Å². The average Bonchev–Trinajstić information content (AvgIpc) is 2.95. The fraction of sp³-hybridized carbons (Fsp3) is 0.500. The minimum Gasteiger partial charge on any atom is -0.356 e. The first-order valence-corrected chi connectivity index (χ1v) is 8.48. The van der Waals surface area contributed by atoms with Gasteiger partial charge in [0.25, 0.3) is 0 Å². The largest absolute Gasteiger partial charge is 0.356 e. The van der Waals surface area contributed by atoms with Crippen LogP contribution in [0.1, 0.15) is 26.2 Å². The molecule has 0 saturated heterocycles. The molecule has 0 bridgehead atoms. The maximum atomic E-state index is 13.5. The van der Waals surface area contributed by atoms with Crippen LogP contribution in [0.2, 0.25) is 0 Å². The third-order valence-electron chi connectivity index (χ3n) is 4.22. The molecule has 1 aliphatic rings. The molecule has 0 radical (unpaired) electrons. The fourth-order valence-electron chi connectivity index (χ4n) is 3.13. The van der Waals surface area contributed by atoms with Crippen molar-refractivity contribution in [2.24, 2.45) is 0 Å². The summed E-state index contributed by atoms with van der Waals surface area (Å²) in [6.45, 7) is 2.21. The summed E-state index contributed by atoms with van der Waals surface area (Å²) in [5.74, 6) is 1.77. The van der Waals surface area contributed by atoms with E-state index in [1.165, 1.54) is 37.1 Å². The predicted octanol–water partition coefficient (Wildman–Crippen LogP) is 3.88. The van der Waals surface area contributed by atoms with E-state index in [2.05, 4.69) is 28.8 Å². The minimum absolute atomic E-state index is 0.238. The van der Waals surface area contributed by atoms with Crippen LogP contribution in [0.15, 0.2) is 24.5 Å². The van der Waals surface area contributed by atoms with E-state index in [0.29, 0.717) is 6.04 Å². The first kappa shape index (κ1) is 14.6. The molecule has 112 valence electrons. The van der Waals surface area contributed by atoms with Crippen molar-refractivity contribution in [2.45, 2.75) is 37.5 Å². The molecule has 2 aromatic rings. The summed E-state index contributed by atoms with van der Waals surface area (Å²) in [5.41, 5.74) is 0.797. The second kappa shape index (κ2) is 6.18. The van der Waals surface area contributed by atoms with E-state index < -0.39 is 0 Å². The molecule has 21 heavy (non-hydrogen) atoms. The Bertz CT molecular complexity index is 634. The highest BCUT2D eigenvalue weighted by Gasteiger charge is 2.28. The van der Waals surface area contributed by atoms with Gasteiger partial charge in [-0.15, -0.1) is 0 Å². The molecule has 0 spiro atoms. The van der Waals surface area contributed by atoms with Gasteiger partial charge in [-0.25, -0.2) is 14.4 Å². The van der Waals surface area contributed by atoms with Crippen LogP contribution in [0.25, 0.3) is 10.9 Å². The topological polar surface area (TPSA) is 29.0 Å². The molecule has 1 aromatic carbocycles. The van der Waals surface area contributed by atoms with Crippen molar-refractivity contribution < 1.29 is 4.39 Å². The van der Waals surface area contributed by atoms with Gasteiger partial charge in [-0.05, 0) is 43.2 Å². The van der Waals surface area contributed by atoms with Crippen LogP contribution in [0, 0.1) is 5.82 Å². The highest BCUT2D eigenvalue weighted by Crippen LogP contribution is 2.35. The van der Waals surface area contributed by atoms with Crippen LogP contribution in [-0.4, -0.2) is 34.1 Å². The van der Waals surface area contributed by atoms with Crippen molar-refractivity contribution in [1.29, 1.82) is 0 Å². The first-order valence-electron chi connectivity index (χ1n) is 7.43. The summed E-state index contributed by atoms with van der Waals surface area (Å²) < 4.78 is 13.5. The zero-order chi connectivity index (χ0) is 14.8. The van der Waals surface area contributed by atoms with E-state index >= 15 is 0 Å². The summed E-state index contributed by atoms with van der Waals surface area (Å²) >= 11 is 2.04. The van der Waals surface area contributed by atoms with Gasteiger partial charge in [-0.1, -0.05) is 6.92 Å². The van der Waals surface area contributed by atoms with Gasteiger partial charge < -0.3 is 4.90 Å². The summed E-state index contributed by atoms with van der Waals surface area (Å²) in [6, 6.07) is 5.18. The van der Waals surface area contributed by atoms with Crippen molar-refractivity contribution in [1.82, 2.24) is 9.97 Å². The SMILES string of the molecule is CCSC1CCC(N(C)c2ncnc3ccc(F)cc23)C1. The number of hydrogen-bond acceptors (Lipinski definition) is 4. The minimum atomic E-state index is -0.238. The molecule has 3 rings (SSSR count). The number of benzene rings is 1. The maximum Gasteiger partial charge on any atom is 0.139 e. The Hall–Kier alpha value is -1.36. The third-order valence-corrected chi connectivity index (χ3v) is 5.45. The summed E-state index contributed by atoms with van der Waals surface area (Å²) in [4.78, 5) is 10.8. The molecule has 1 saturated carbocycles. The van der Waals surface area contributed by atoms with Crippen molar-refractivity contribution >= 4 is 28.5 Å². The fourth-order valence-corrected chi connectivity index (χ4v) is 4.26. The first-order chi connectivity index (χ1) is 10.2. The molecule has 1 fully saturated rings. The molecular formula is C16H20FN3S. The lowest BCUT2D eigenvalue weighted by Crippen LogP contribution is -2.30. The summed E-state index contributed by atoms with van der Waals surface area (Å²) in [7, 11) is 2.07. The molecular weight excluding hydrogens is 285 g/mol. The number of hydrogen-bond donors (Lipinski definition) is 0. The molecule has 5 heteroatoms. The lowest BCUT2D eigenvalue weighted by atomic mass is 10.2. The number of nitrogens with zero attached hydrogens (tertiary/aromatic N) is 3. The molecule has 1 heterocycles. The zero-order valence-corrected chi connectivity index (χ0v) is 13.2. The van der Waals surface area contributed by atoms with Gasteiger partial charge in [0, 0.05) is 23.7 Å². The van der Waals surface area contributed by atoms with Gasteiger partial charge in [-0.2, -0.15) is 11.8 Å². The van der Waals surface area contributed by atoms with Crippen LogP contribution in [0.5, 0.6) is 0 Å². The van der Waals surface area contributed by atoms with Gasteiger partial charge in [-0.3, -0.25) is 0 Å². The number of halogens is 1. The van der Waals surface area contributed by atoms with E-state index in [1.807, 2.05) is 11.8 Å². The lowest BCUT2D eigenvalue weighted by molar-refractivity contribution is 0.628. The van der Waals surface area contributed by atoms with Gasteiger partial charge >= 0.3 is 0 Å². The molecule has 0 amide bonds. The zero-order valence-electron chi connectivity index (χ0n) is 12.4. The van der Waals surface area contributed by atoms with Crippen LogP contribution < -0.4 is 4.90 Å². The maximum absolute atomic E-state index is 13.5. The Morgan fingerprint density at radius 3 is 3.00 bits per heavy atom. The lowest BCUT2D eigenvalue weighted by Gasteiger charge is -2.26. The van der Waals surface area contributed by atoms with Gasteiger partial charge in [0.1, 0.15) is 18.0 Å². The summed E-state index contributed by atoms with van der Waals surface area (Å²) in [5, 5.41) is 1.54. The van der Waals surface area contributed by atoms with Crippen molar-refractivity contribution in [3.8, 4) is 0 Å². The van der Waals surface area contributed by atoms with Crippen molar-refractivity contribution in [3.63, 3.8) is 0 Å². The standard InChI is InChI=1S/C16H20FN3S/c1-3-21-13-6-5-12(9-13)20(2)16-14-8-11(17)4-7-15(14)18-10-19-16/h4,7-8,10,12-13H,3,5-6,9H2,1-2H3. The van der Waals surface area contributed by atoms with Crippen LogP contribution >= 0.6 is 11.8 Å². The Morgan fingerprint density at radius 1 is 1.33 bits per heavy atom. The molecule has 0 N–H and O–H groups in total. The molecule has 2 unspecified atom stereocenters. The van der Waals surface area contributed by atoms with Gasteiger partial charge in [0.2, 0.25) is 0 Å². The van der Waals surface area contributed by atoms with E-state index in [4.69, 9.17) is 0 Å². The van der Waals surface area contributed by atoms with Crippen molar-refractivity contribution in [2.75, 3.05) is 17.7 Å². The number of rotatable bonds is 4. The second-order valence-corrected chi connectivity index (χ2v) is 7.09. The smallest absolute Gasteiger partial charge is 0.139 e. The summed E-state index contributed by atoms with van der Waals surface area (Å²) in [6.07, 6.45) is 5.18. The van der Waals surface area contributed by atoms with Crippen LogP contribution in [0.3, 0.4) is 0 Å². The number of anilines is 1. The predicted molar refractivity (Wildman–Crippen MR) is 87.5 cm³/mol. The van der Waals surface area contributed by atoms with Gasteiger partial charge in [0.15, 0.2) is 0 Å². The Morgan fingerprint density at radius 2 is 2.19 bits per heavy atom. The number of thioether (sulfide) groups is 1. The molecule has 1 aliphatic carbocycles. The Kier molecular flexibility index (Phi) is 4.29. The van der Waals surface area contributed by atoms with E-state index in [-0.39, 0.29) is 5.82 Å². The normalized spacial score (nSPS) is 21.9. The van der Waals surface area contributed by atoms with Crippen molar-refractivity contribution in [3.05, 3.63) is 30.3 Å². The number of aromatic nitrogens is 2. The second-order valence-electron chi connectivity index (χ2n) is 5.51. The monoisotopic (exact) mass is 305 g/mol. The molecule has 3 nitrogen and oxygen atoms in total. The number of fused-ring (bicyclic) bond motifs is 1. The van der Waals surface area contributed by atoms with Crippen LogP contribution in [0.4, 0.5) is 10.2 Å². The Labute approximate surface area is 129 Å². The third kappa shape index (κ3) is 2.98. The average molecular weight is 305 g/mol. The van der Waals surface area contributed by atoms with E-state index in [9.17, 15) is 4.39 Å². The molecule has 2 atom stereocenters.